The number of nitrogens with one attached hydrogen (secondary N) is 1. The van der Waals surface area contributed by atoms with Crippen LogP contribution in [0, 0.1) is 0 Å². The molecule has 0 bridgehead atoms. The minimum Gasteiger partial charge on any atom is -0.374 e. The number of aromatic nitrogens is 1. The molecule has 4 heteroatoms. The molecule has 1 fully saturated rings. The summed E-state index contributed by atoms with van der Waals surface area (Å²) in [5, 5.41) is 7.07. The molecule has 0 radical (unpaired) electrons. The summed E-state index contributed by atoms with van der Waals surface area (Å²) in [6.45, 7) is 13.0. The highest BCUT2D eigenvalue weighted by atomic mass is 32.1. The first-order valence-corrected chi connectivity index (χ1v) is 9.05. The Morgan fingerprint density at radius 3 is 2.71 bits per heavy atom. The third-order valence-electron chi connectivity index (χ3n) is 4.39. The molecule has 1 aromatic rings. The van der Waals surface area contributed by atoms with Crippen molar-refractivity contribution in [2.75, 3.05) is 13.2 Å². The number of rotatable bonds is 5. The molecule has 2 heterocycles. The lowest BCUT2D eigenvalue weighted by Gasteiger charge is -2.40. The molecule has 0 aliphatic carbocycles. The van der Waals surface area contributed by atoms with Gasteiger partial charge in [-0.15, -0.1) is 11.3 Å². The monoisotopic (exact) mass is 310 g/mol. The summed E-state index contributed by atoms with van der Waals surface area (Å²) < 4.78 is 6.14. The van der Waals surface area contributed by atoms with Crippen molar-refractivity contribution in [1.29, 1.82) is 0 Å². The van der Waals surface area contributed by atoms with Crippen LogP contribution in [0.2, 0.25) is 0 Å². The Labute approximate surface area is 133 Å². The molecule has 2 rings (SSSR count). The molecule has 2 atom stereocenters. The average Bonchev–Trinajstić information content (AvgIpc) is 2.88. The van der Waals surface area contributed by atoms with Gasteiger partial charge in [0, 0.05) is 29.9 Å². The van der Waals surface area contributed by atoms with E-state index in [0.717, 1.165) is 26.0 Å². The van der Waals surface area contributed by atoms with Crippen molar-refractivity contribution >= 4 is 11.3 Å². The summed E-state index contributed by atoms with van der Waals surface area (Å²) >= 11 is 1.79. The Bertz CT molecular complexity index is 444. The van der Waals surface area contributed by atoms with Gasteiger partial charge < -0.3 is 10.1 Å². The second-order valence-corrected chi connectivity index (χ2v) is 8.25. The first-order valence-electron chi connectivity index (χ1n) is 8.17. The minimum absolute atomic E-state index is 0.0537. The maximum absolute atomic E-state index is 6.14. The van der Waals surface area contributed by atoms with Crippen LogP contribution in [0.1, 0.15) is 64.6 Å². The van der Waals surface area contributed by atoms with Gasteiger partial charge in [-0.1, -0.05) is 27.7 Å². The van der Waals surface area contributed by atoms with Gasteiger partial charge >= 0.3 is 0 Å². The van der Waals surface area contributed by atoms with Crippen LogP contribution in [0.15, 0.2) is 5.38 Å². The summed E-state index contributed by atoms with van der Waals surface area (Å²) in [5.41, 5.74) is 1.28. The Hall–Kier alpha value is -0.450. The van der Waals surface area contributed by atoms with Crippen molar-refractivity contribution in [2.45, 2.75) is 77.4 Å². The summed E-state index contributed by atoms with van der Waals surface area (Å²) in [4.78, 5) is 4.85. The lowest BCUT2D eigenvalue weighted by molar-refractivity contribution is -0.0881. The van der Waals surface area contributed by atoms with Crippen LogP contribution in [0.3, 0.4) is 0 Å². The minimum atomic E-state index is -0.0537. The van der Waals surface area contributed by atoms with Gasteiger partial charge in [-0.3, -0.25) is 0 Å². The zero-order valence-corrected chi connectivity index (χ0v) is 15.0. The Balaban J connectivity index is 2.10. The van der Waals surface area contributed by atoms with Crippen LogP contribution in [0.25, 0.3) is 0 Å². The van der Waals surface area contributed by atoms with Crippen molar-refractivity contribution in [3.63, 3.8) is 0 Å². The lowest BCUT2D eigenvalue weighted by Crippen LogP contribution is -2.53. The van der Waals surface area contributed by atoms with Crippen molar-refractivity contribution in [1.82, 2.24) is 10.3 Å². The zero-order chi connectivity index (χ0) is 15.5. The van der Waals surface area contributed by atoms with Crippen LogP contribution in [-0.4, -0.2) is 29.8 Å². The van der Waals surface area contributed by atoms with E-state index in [4.69, 9.17) is 9.72 Å². The fourth-order valence-corrected chi connectivity index (χ4v) is 3.97. The van der Waals surface area contributed by atoms with Crippen LogP contribution in [0.5, 0.6) is 0 Å². The molecule has 0 saturated carbocycles. The molecule has 0 aromatic carbocycles. The van der Waals surface area contributed by atoms with Crippen LogP contribution >= 0.6 is 11.3 Å². The van der Waals surface area contributed by atoms with E-state index in [-0.39, 0.29) is 11.0 Å². The summed E-state index contributed by atoms with van der Waals surface area (Å²) in [7, 11) is 0. The van der Waals surface area contributed by atoms with Crippen molar-refractivity contribution in [3.05, 3.63) is 16.1 Å². The van der Waals surface area contributed by atoms with E-state index >= 15 is 0 Å². The number of ether oxygens (including phenoxy) is 1. The molecular formula is C17H30N2OS. The third kappa shape index (κ3) is 4.27. The fraction of sp³-hybridized carbons (Fsp3) is 0.824. The lowest BCUT2D eigenvalue weighted by atomic mass is 9.86. The quantitative estimate of drug-likeness (QED) is 0.895. The molecule has 0 amide bonds. The smallest absolute Gasteiger partial charge is 0.0945 e. The molecule has 120 valence electrons. The Kier molecular flexibility index (Phi) is 5.44. The highest BCUT2D eigenvalue weighted by Crippen LogP contribution is 2.31. The number of hydrogen-bond donors (Lipinski definition) is 1. The van der Waals surface area contributed by atoms with E-state index < -0.39 is 0 Å². The van der Waals surface area contributed by atoms with Gasteiger partial charge in [0.15, 0.2) is 0 Å². The number of likely N-dealkylation sites (N-methyl/N-ethyl adjacent to an activating group) is 1. The van der Waals surface area contributed by atoms with E-state index in [1.807, 2.05) is 0 Å². The van der Waals surface area contributed by atoms with Gasteiger partial charge in [0.25, 0.3) is 0 Å². The molecule has 1 aliphatic rings. The number of nitrogens with zero attached hydrogens (tertiary/aromatic N) is 1. The topological polar surface area (TPSA) is 34.2 Å². The summed E-state index contributed by atoms with van der Waals surface area (Å²) in [6, 6.07) is 0.349. The molecule has 3 nitrogen and oxygen atoms in total. The molecule has 21 heavy (non-hydrogen) atoms. The van der Waals surface area contributed by atoms with E-state index in [2.05, 4.69) is 45.3 Å². The summed E-state index contributed by atoms with van der Waals surface area (Å²) in [6.07, 6.45) is 4.57. The third-order valence-corrected chi connectivity index (χ3v) is 5.26. The molecule has 1 aromatic heterocycles. The molecule has 1 N–H and O–H groups in total. The normalized spacial score (nSPS) is 25.0. The van der Waals surface area contributed by atoms with E-state index in [9.17, 15) is 0 Å². The Morgan fingerprint density at radius 2 is 2.19 bits per heavy atom. The first-order chi connectivity index (χ1) is 9.85. The van der Waals surface area contributed by atoms with Crippen molar-refractivity contribution in [3.8, 4) is 0 Å². The van der Waals surface area contributed by atoms with Crippen molar-refractivity contribution in [2.24, 2.45) is 0 Å². The molecule has 1 saturated heterocycles. The van der Waals surface area contributed by atoms with Gasteiger partial charge in [0.05, 0.1) is 16.3 Å². The predicted octanol–water partition coefficient (Wildman–Crippen LogP) is 3.92. The second-order valence-electron chi connectivity index (χ2n) is 7.31. The molecule has 0 spiro atoms. The largest absolute Gasteiger partial charge is 0.374 e. The first kappa shape index (κ1) is 16.9. The molecule has 2 unspecified atom stereocenters. The maximum atomic E-state index is 6.14. The maximum Gasteiger partial charge on any atom is 0.0945 e. The fourth-order valence-electron chi connectivity index (χ4n) is 2.90. The van der Waals surface area contributed by atoms with Crippen LogP contribution < -0.4 is 5.32 Å². The van der Waals surface area contributed by atoms with Gasteiger partial charge in [0.1, 0.15) is 0 Å². The standard InChI is InChI=1S/C17H30N2OS/c1-6-18-13(17(5)9-7-8-10-20-17)11-15-19-14(12-21-15)16(2,3)4/h12-13,18H,6-11H2,1-5H3. The van der Waals surface area contributed by atoms with Gasteiger partial charge in [0.2, 0.25) is 0 Å². The van der Waals surface area contributed by atoms with Crippen LogP contribution in [0.4, 0.5) is 0 Å². The van der Waals surface area contributed by atoms with Gasteiger partial charge in [-0.2, -0.15) is 0 Å². The van der Waals surface area contributed by atoms with E-state index in [0.29, 0.717) is 6.04 Å². The average molecular weight is 311 g/mol. The molecular weight excluding hydrogens is 280 g/mol. The zero-order valence-electron chi connectivity index (χ0n) is 14.2. The van der Waals surface area contributed by atoms with E-state index in [1.165, 1.54) is 23.5 Å². The van der Waals surface area contributed by atoms with Crippen molar-refractivity contribution < 1.29 is 4.74 Å². The highest BCUT2D eigenvalue weighted by molar-refractivity contribution is 7.09. The highest BCUT2D eigenvalue weighted by Gasteiger charge is 2.37. The van der Waals surface area contributed by atoms with Gasteiger partial charge in [-0.25, -0.2) is 4.98 Å². The SMILES string of the molecule is CCNC(Cc1nc(C(C)(C)C)cs1)C1(C)CCCCO1. The Morgan fingerprint density at radius 1 is 1.43 bits per heavy atom. The number of thiazole rings is 1. The summed E-state index contributed by atoms with van der Waals surface area (Å²) in [5.74, 6) is 0. The van der Waals surface area contributed by atoms with Gasteiger partial charge in [-0.05, 0) is 32.7 Å². The number of hydrogen-bond acceptors (Lipinski definition) is 4. The second kappa shape index (κ2) is 6.76. The molecule has 1 aliphatic heterocycles. The predicted molar refractivity (Wildman–Crippen MR) is 90.2 cm³/mol. The van der Waals surface area contributed by atoms with E-state index in [1.54, 1.807) is 11.3 Å². The van der Waals surface area contributed by atoms with Crippen LogP contribution in [-0.2, 0) is 16.6 Å².